The van der Waals surface area contributed by atoms with Crippen LogP contribution in [0.25, 0.3) is 0 Å². The summed E-state index contributed by atoms with van der Waals surface area (Å²) in [7, 11) is 1.78. The van der Waals surface area contributed by atoms with Gasteiger partial charge in [0.2, 0.25) is 11.9 Å². The average Bonchev–Trinajstić information content (AvgIpc) is 3.03. The zero-order valence-electron chi connectivity index (χ0n) is 10.6. The van der Waals surface area contributed by atoms with Crippen molar-refractivity contribution in [2.24, 2.45) is 0 Å². The zero-order chi connectivity index (χ0) is 12.3. The molecule has 0 amide bonds. The summed E-state index contributed by atoms with van der Waals surface area (Å²) < 4.78 is 5.43. The van der Waals surface area contributed by atoms with Crippen molar-refractivity contribution in [1.82, 2.24) is 15.0 Å². The Labute approximate surface area is 101 Å². The van der Waals surface area contributed by atoms with Crippen molar-refractivity contribution in [3.63, 3.8) is 0 Å². The zero-order valence-corrected chi connectivity index (χ0v) is 10.6. The molecule has 2 rings (SSSR count). The molecule has 0 spiro atoms. The van der Waals surface area contributed by atoms with Crippen LogP contribution in [0.1, 0.15) is 33.1 Å². The second kappa shape index (κ2) is 4.73. The second-order valence-electron chi connectivity index (χ2n) is 4.55. The number of nitrogens with zero attached hydrogens (tertiary/aromatic N) is 3. The summed E-state index contributed by atoms with van der Waals surface area (Å²) in [6, 6.07) is 0.373. The number of ether oxygens (including phenoxy) is 1. The Bertz CT molecular complexity index is 391. The summed E-state index contributed by atoms with van der Waals surface area (Å²) in [5, 5.41) is 6.21. The minimum Gasteiger partial charge on any atom is -0.463 e. The fourth-order valence-electron chi connectivity index (χ4n) is 1.36. The fraction of sp³-hybridized carbons (Fsp3) is 0.727. The Balaban J connectivity index is 2.12. The van der Waals surface area contributed by atoms with E-state index < -0.39 is 0 Å². The molecule has 0 bridgehead atoms. The van der Waals surface area contributed by atoms with Gasteiger partial charge in [0, 0.05) is 12.6 Å². The molecule has 0 aromatic carbocycles. The van der Waals surface area contributed by atoms with E-state index in [1.807, 2.05) is 6.92 Å². The first-order valence-corrected chi connectivity index (χ1v) is 6.00. The van der Waals surface area contributed by atoms with Crippen molar-refractivity contribution in [2.45, 2.75) is 38.6 Å². The Morgan fingerprint density at radius 1 is 1.24 bits per heavy atom. The van der Waals surface area contributed by atoms with Crippen molar-refractivity contribution in [2.75, 3.05) is 24.3 Å². The van der Waals surface area contributed by atoms with Gasteiger partial charge in [-0.05, 0) is 26.2 Å². The van der Waals surface area contributed by atoms with Crippen LogP contribution < -0.4 is 15.4 Å². The van der Waals surface area contributed by atoms with Gasteiger partial charge in [0.05, 0.1) is 6.61 Å². The molecule has 1 aromatic heterocycles. The standard InChI is InChI=1S/C11H19N5O/c1-4-7-17-10-14-8(12-3)13-9(15-10)16-11(2)5-6-11/h4-7H2,1-3H3,(H2,12,13,14,15,16). The third kappa shape index (κ3) is 3.18. The largest absolute Gasteiger partial charge is 0.463 e. The Hall–Kier alpha value is -1.59. The predicted molar refractivity (Wildman–Crippen MR) is 66.4 cm³/mol. The van der Waals surface area contributed by atoms with E-state index in [2.05, 4.69) is 32.5 Å². The summed E-state index contributed by atoms with van der Waals surface area (Å²) in [5.74, 6) is 1.10. The molecule has 0 aliphatic heterocycles. The molecule has 0 atom stereocenters. The van der Waals surface area contributed by atoms with Gasteiger partial charge in [-0.3, -0.25) is 0 Å². The van der Waals surface area contributed by atoms with Gasteiger partial charge in [-0.2, -0.15) is 15.0 Å². The van der Waals surface area contributed by atoms with Crippen molar-refractivity contribution < 1.29 is 4.74 Å². The summed E-state index contributed by atoms with van der Waals surface area (Å²) in [4.78, 5) is 12.7. The first-order valence-electron chi connectivity index (χ1n) is 6.00. The van der Waals surface area contributed by atoms with Gasteiger partial charge in [-0.15, -0.1) is 0 Å². The molecule has 17 heavy (non-hydrogen) atoms. The lowest BCUT2D eigenvalue weighted by Crippen LogP contribution is -2.19. The molecular formula is C11H19N5O. The lowest BCUT2D eigenvalue weighted by atomic mass is 10.3. The van der Waals surface area contributed by atoms with E-state index in [0.29, 0.717) is 24.5 Å². The maximum atomic E-state index is 5.43. The maximum absolute atomic E-state index is 5.43. The van der Waals surface area contributed by atoms with Crippen LogP contribution in [-0.2, 0) is 0 Å². The van der Waals surface area contributed by atoms with Gasteiger partial charge in [0.15, 0.2) is 0 Å². The molecule has 94 valence electrons. The van der Waals surface area contributed by atoms with E-state index in [9.17, 15) is 0 Å². The van der Waals surface area contributed by atoms with E-state index in [-0.39, 0.29) is 5.54 Å². The van der Waals surface area contributed by atoms with E-state index in [1.54, 1.807) is 7.05 Å². The minimum atomic E-state index is 0.147. The maximum Gasteiger partial charge on any atom is 0.323 e. The molecule has 6 heteroatoms. The molecule has 2 N–H and O–H groups in total. The summed E-state index contributed by atoms with van der Waals surface area (Å²) in [6.07, 6.45) is 3.23. The van der Waals surface area contributed by atoms with E-state index in [0.717, 1.165) is 19.3 Å². The normalized spacial score (nSPS) is 16.4. The fourth-order valence-corrected chi connectivity index (χ4v) is 1.36. The Kier molecular flexibility index (Phi) is 3.31. The third-order valence-corrected chi connectivity index (χ3v) is 2.69. The molecule has 6 nitrogen and oxygen atoms in total. The monoisotopic (exact) mass is 237 g/mol. The summed E-state index contributed by atoms with van der Waals surface area (Å²) in [5.41, 5.74) is 0.147. The number of hydrogen-bond donors (Lipinski definition) is 2. The number of hydrogen-bond acceptors (Lipinski definition) is 6. The van der Waals surface area contributed by atoms with Crippen molar-refractivity contribution in [1.29, 1.82) is 0 Å². The lowest BCUT2D eigenvalue weighted by molar-refractivity contribution is 0.292. The van der Waals surface area contributed by atoms with Gasteiger partial charge < -0.3 is 15.4 Å². The van der Waals surface area contributed by atoms with Crippen LogP contribution in [0.15, 0.2) is 0 Å². The first kappa shape index (κ1) is 11.9. The van der Waals surface area contributed by atoms with Gasteiger partial charge in [-0.25, -0.2) is 0 Å². The smallest absolute Gasteiger partial charge is 0.323 e. The van der Waals surface area contributed by atoms with E-state index in [1.165, 1.54) is 0 Å². The minimum absolute atomic E-state index is 0.147. The lowest BCUT2D eigenvalue weighted by Gasteiger charge is -2.12. The van der Waals surface area contributed by atoms with E-state index >= 15 is 0 Å². The molecule has 1 aliphatic carbocycles. The first-order chi connectivity index (χ1) is 8.15. The van der Waals surface area contributed by atoms with Gasteiger partial charge in [0.25, 0.3) is 0 Å². The average molecular weight is 237 g/mol. The van der Waals surface area contributed by atoms with Gasteiger partial charge in [0.1, 0.15) is 0 Å². The predicted octanol–water partition coefficient (Wildman–Crippen LogP) is 1.67. The highest BCUT2D eigenvalue weighted by Gasteiger charge is 2.38. The third-order valence-electron chi connectivity index (χ3n) is 2.69. The number of rotatable bonds is 6. The number of nitrogens with one attached hydrogen (secondary N) is 2. The SMILES string of the molecule is CCCOc1nc(NC)nc(NC2(C)CC2)n1. The van der Waals surface area contributed by atoms with Crippen LogP contribution in [0.4, 0.5) is 11.9 Å². The van der Waals surface area contributed by atoms with E-state index in [4.69, 9.17) is 4.74 Å². The van der Waals surface area contributed by atoms with Gasteiger partial charge in [-0.1, -0.05) is 6.92 Å². The molecular weight excluding hydrogens is 218 g/mol. The molecule has 1 saturated carbocycles. The molecule has 0 unspecified atom stereocenters. The van der Waals surface area contributed by atoms with Gasteiger partial charge >= 0.3 is 6.01 Å². The van der Waals surface area contributed by atoms with Crippen LogP contribution in [0.5, 0.6) is 6.01 Å². The van der Waals surface area contributed by atoms with Crippen molar-refractivity contribution >= 4 is 11.9 Å². The van der Waals surface area contributed by atoms with Crippen LogP contribution in [0.2, 0.25) is 0 Å². The highest BCUT2D eigenvalue weighted by atomic mass is 16.5. The highest BCUT2D eigenvalue weighted by molar-refractivity contribution is 5.39. The molecule has 0 radical (unpaired) electrons. The molecule has 1 aromatic rings. The van der Waals surface area contributed by atoms with Crippen molar-refractivity contribution in [3.05, 3.63) is 0 Å². The molecule has 0 saturated heterocycles. The number of aromatic nitrogens is 3. The van der Waals surface area contributed by atoms with Crippen LogP contribution in [0, 0.1) is 0 Å². The van der Waals surface area contributed by atoms with Crippen LogP contribution in [-0.4, -0.2) is 34.1 Å². The van der Waals surface area contributed by atoms with Crippen LogP contribution >= 0.6 is 0 Å². The quantitative estimate of drug-likeness (QED) is 0.784. The summed E-state index contributed by atoms with van der Waals surface area (Å²) >= 11 is 0. The Morgan fingerprint density at radius 3 is 2.53 bits per heavy atom. The highest BCUT2D eigenvalue weighted by Crippen LogP contribution is 2.37. The number of anilines is 2. The topological polar surface area (TPSA) is 72.0 Å². The molecule has 1 heterocycles. The Morgan fingerprint density at radius 2 is 1.94 bits per heavy atom. The summed E-state index contributed by atoms with van der Waals surface area (Å²) in [6.45, 7) is 4.82. The molecule has 1 fully saturated rings. The van der Waals surface area contributed by atoms with Crippen molar-refractivity contribution in [3.8, 4) is 6.01 Å². The second-order valence-corrected chi connectivity index (χ2v) is 4.55. The molecule has 1 aliphatic rings. The van der Waals surface area contributed by atoms with Crippen LogP contribution in [0.3, 0.4) is 0 Å².